The van der Waals surface area contributed by atoms with Gasteiger partial charge >= 0.3 is 0 Å². The molecule has 27 heavy (non-hydrogen) atoms. The molecule has 1 aromatic heterocycles. The van der Waals surface area contributed by atoms with Gasteiger partial charge in [0.15, 0.2) is 0 Å². The fraction of sp³-hybridized carbons (Fsp3) is 0.125. The molecule has 3 heteroatoms. The van der Waals surface area contributed by atoms with Crippen molar-refractivity contribution in [1.29, 1.82) is 0 Å². The summed E-state index contributed by atoms with van der Waals surface area (Å²) in [6.45, 7) is 1.42. The lowest BCUT2D eigenvalue weighted by Crippen LogP contribution is -2.38. The Balaban J connectivity index is 1.67. The van der Waals surface area contributed by atoms with Crippen LogP contribution in [0.4, 0.5) is 5.69 Å². The molecule has 0 N–H and O–H groups in total. The Bertz CT molecular complexity index is 1110. The molecule has 4 aromatic rings. The Labute approximate surface area is 158 Å². The lowest BCUT2D eigenvalue weighted by molar-refractivity contribution is 0.0972. The largest absolute Gasteiger partial charge is 0.332 e. The van der Waals surface area contributed by atoms with Crippen LogP contribution in [0.3, 0.4) is 0 Å². The molecule has 2 heterocycles. The molecule has 132 valence electrons. The standard InChI is InChI=1S/C24H20N2O/c27-24-23-21(15-16-25(24)19-11-5-2-6-12-19)20-13-7-8-14-22(20)26(23)17-18-9-3-1-4-10-18/h1-14H,15-17H2. The summed E-state index contributed by atoms with van der Waals surface area (Å²) in [6, 6.07) is 28.7. The zero-order valence-corrected chi connectivity index (χ0v) is 15.0. The number of para-hydroxylation sites is 2. The average molecular weight is 352 g/mol. The van der Waals surface area contributed by atoms with Crippen LogP contribution in [0.15, 0.2) is 84.9 Å². The van der Waals surface area contributed by atoms with Gasteiger partial charge in [0, 0.05) is 29.7 Å². The monoisotopic (exact) mass is 352 g/mol. The van der Waals surface area contributed by atoms with E-state index < -0.39 is 0 Å². The molecule has 0 bridgehead atoms. The molecule has 0 unspecified atom stereocenters. The minimum atomic E-state index is 0.0922. The van der Waals surface area contributed by atoms with Crippen LogP contribution < -0.4 is 4.90 Å². The van der Waals surface area contributed by atoms with E-state index in [1.54, 1.807) is 0 Å². The fourth-order valence-electron chi connectivity index (χ4n) is 4.11. The van der Waals surface area contributed by atoms with Crippen molar-refractivity contribution in [1.82, 2.24) is 4.57 Å². The van der Waals surface area contributed by atoms with Crippen LogP contribution in [0, 0.1) is 0 Å². The van der Waals surface area contributed by atoms with Crippen molar-refractivity contribution >= 4 is 22.5 Å². The summed E-state index contributed by atoms with van der Waals surface area (Å²) in [4.78, 5) is 15.4. The number of benzene rings is 3. The second kappa shape index (κ2) is 6.44. The van der Waals surface area contributed by atoms with Crippen molar-refractivity contribution in [2.24, 2.45) is 0 Å². The topological polar surface area (TPSA) is 25.2 Å². The van der Waals surface area contributed by atoms with Crippen LogP contribution in [-0.4, -0.2) is 17.0 Å². The van der Waals surface area contributed by atoms with Gasteiger partial charge in [-0.1, -0.05) is 66.7 Å². The Morgan fingerprint density at radius 2 is 1.44 bits per heavy atom. The van der Waals surface area contributed by atoms with Gasteiger partial charge in [0.25, 0.3) is 5.91 Å². The molecular formula is C24H20N2O. The number of nitrogens with zero attached hydrogens (tertiary/aromatic N) is 2. The first-order valence-electron chi connectivity index (χ1n) is 9.34. The van der Waals surface area contributed by atoms with Crippen molar-refractivity contribution in [3.63, 3.8) is 0 Å². The first-order valence-corrected chi connectivity index (χ1v) is 9.34. The first kappa shape index (κ1) is 15.9. The summed E-state index contributed by atoms with van der Waals surface area (Å²) in [5.41, 5.74) is 5.30. The second-order valence-electron chi connectivity index (χ2n) is 6.96. The molecule has 0 spiro atoms. The zero-order valence-electron chi connectivity index (χ0n) is 15.0. The van der Waals surface area contributed by atoms with E-state index in [1.165, 1.54) is 16.5 Å². The van der Waals surface area contributed by atoms with Crippen molar-refractivity contribution in [3.05, 3.63) is 102 Å². The number of aromatic nitrogens is 1. The zero-order chi connectivity index (χ0) is 18.2. The Morgan fingerprint density at radius 3 is 2.22 bits per heavy atom. The summed E-state index contributed by atoms with van der Waals surface area (Å²) in [5.74, 6) is 0.0922. The third kappa shape index (κ3) is 2.63. The average Bonchev–Trinajstić information content (AvgIpc) is 3.04. The number of carbonyl (C=O) groups is 1. The molecule has 0 fully saturated rings. The summed E-state index contributed by atoms with van der Waals surface area (Å²) >= 11 is 0. The van der Waals surface area contributed by atoms with E-state index in [2.05, 4.69) is 41.0 Å². The van der Waals surface area contributed by atoms with E-state index in [4.69, 9.17) is 0 Å². The van der Waals surface area contributed by atoms with E-state index in [9.17, 15) is 4.79 Å². The maximum atomic E-state index is 13.5. The molecule has 0 aliphatic carbocycles. The number of amides is 1. The predicted octanol–water partition coefficient (Wildman–Crippen LogP) is 4.89. The van der Waals surface area contributed by atoms with Crippen LogP contribution in [0.1, 0.15) is 21.6 Å². The van der Waals surface area contributed by atoms with E-state index in [1.807, 2.05) is 53.4 Å². The third-order valence-corrected chi connectivity index (χ3v) is 5.36. The number of rotatable bonds is 3. The van der Waals surface area contributed by atoms with Crippen molar-refractivity contribution in [2.45, 2.75) is 13.0 Å². The lowest BCUT2D eigenvalue weighted by atomic mass is 10.0. The van der Waals surface area contributed by atoms with Gasteiger partial charge in [-0.2, -0.15) is 0 Å². The fourth-order valence-corrected chi connectivity index (χ4v) is 4.11. The number of fused-ring (bicyclic) bond motifs is 3. The van der Waals surface area contributed by atoms with Gasteiger partial charge in [-0.05, 0) is 35.7 Å². The molecule has 0 saturated carbocycles. The van der Waals surface area contributed by atoms with E-state index in [0.717, 1.165) is 29.9 Å². The number of anilines is 1. The summed E-state index contributed by atoms with van der Waals surface area (Å²) in [6.07, 6.45) is 0.873. The Kier molecular flexibility index (Phi) is 3.79. The molecule has 3 aromatic carbocycles. The number of carbonyl (C=O) groups excluding carboxylic acids is 1. The van der Waals surface area contributed by atoms with Gasteiger partial charge in [0.05, 0.1) is 0 Å². The number of hydrogen-bond donors (Lipinski definition) is 0. The van der Waals surface area contributed by atoms with Crippen molar-refractivity contribution in [2.75, 3.05) is 11.4 Å². The van der Waals surface area contributed by atoms with Crippen LogP contribution in [0.2, 0.25) is 0 Å². The highest BCUT2D eigenvalue weighted by Gasteiger charge is 2.31. The van der Waals surface area contributed by atoms with E-state index >= 15 is 0 Å². The highest BCUT2D eigenvalue weighted by Crippen LogP contribution is 2.33. The summed E-state index contributed by atoms with van der Waals surface area (Å²) in [5, 5.41) is 1.20. The molecular weight excluding hydrogens is 332 g/mol. The van der Waals surface area contributed by atoms with Gasteiger partial charge in [0.1, 0.15) is 5.69 Å². The van der Waals surface area contributed by atoms with E-state index in [-0.39, 0.29) is 5.91 Å². The molecule has 0 radical (unpaired) electrons. The highest BCUT2D eigenvalue weighted by molar-refractivity contribution is 6.11. The molecule has 5 rings (SSSR count). The molecule has 0 atom stereocenters. The molecule has 1 aliphatic rings. The van der Waals surface area contributed by atoms with Gasteiger partial charge < -0.3 is 9.47 Å². The second-order valence-corrected chi connectivity index (χ2v) is 6.96. The minimum Gasteiger partial charge on any atom is -0.332 e. The third-order valence-electron chi connectivity index (χ3n) is 5.36. The normalized spacial score (nSPS) is 13.8. The quantitative estimate of drug-likeness (QED) is 0.515. The molecule has 1 amide bonds. The van der Waals surface area contributed by atoms with Crippen LogP contribution in [0.25, 0.3) is 10.9 Å². The maximum absolute atomic E-state index is 13.5. The van der Waals surface area contributed by atoms with Crippen LogP contribution in [-0.2, 0) is 13.0 Å². The predicted molar refractivity (Wildman–Crippen MR) is 109 cm³/mol. The van der Waals surface area contributed by atoms with Crippen molar-refractivity contribution < 1.29 is 4.79 Å². The van der Waals surface area contributed by atoms with Gasteiger partial charge in [0.2, 0.25) is 0 Å². The van der Waals surface area contributed by atoms with Gasteiger partial charge in [-0.25, -0.2) is 0 Å². The SMILES string of the molecule is O=C1c2c(c3ccccc3n2Cc2ccccc2)CCN1c1ccccc1. The number of hydrogen-bond acceptors (Lipinski definition) is 1. The minimum absolute atomic E-state index is 0.0922. The molecule has 3 nitrogen and oxygen atoms in total. The van der Waals surface area contributed by atoms with Crippen LogP contribution in [0.5, 0.6) is 0 Å². The Morgan fingerprint density at radius 1 is 0.778 bits per heavy atom. The summed E-state index contributed by atoms with van der Waals surface area (Å²) < 4.78 is 2.19. The Hall–Kier alpha value is -3.33. The van der Waals surface area contributed by atoms with Crippen LogP contribution >= 0.6 is 0 Å². The van der Waals surface area contributed by atoms with Crippen molar-refractivity contribution in [3.8, 4) is 0 Å². The highest BCUT2D eigenvalue weighted by atomic mass is 16.2. The molecule has 0 saturated heterocycles. The van der Waals surface area contributed by atoms with Gasteiger partial charge in [-0.15, -0.1) is 0 Å². The van der Waals surface area contributed by atoms with E-state index in [0.29, 0.717) is 6.54 Å². The maximum Gasteiger partial charge on any atom is 0.275 e. The van der Waals surface area contributed by atoms with Gasteiger partial charge in [-0.3, -0.25) is 4.79 Å². The summed E-state index contributed by atoms with van der Waals surface area (Å²) in [7, 11) is 0. The smallest absolute Gasteiger partial charge is 0.275 e. The lowest BCUT2D eigenvalue weighted by Gasteiger charge is -2.28. The molecule has 1 aliphatic heterocycles. The first-order chi connectivity index (χ1) is 13.3.